The molecule has 0 saturated heterocycles. The van der Waals surface area contributed by atoms with E-state index in [0.717, 1.165) is 16.9 Å². The van der Waals surface area contributed by atoms with Gasteiger partial charge in [0.25, 0.3) is 10.0 Å². The van der Waals surface area contributed by atoms with Crippen LogP contribution in [-0.4, -0.2) is 18.4 Å². The Kier molecular flexibility index (Phi) is 4.19. The zero-order chi connectivity index (χ0) is 14.0. The number of hydrogen-bond donors (Lipinski definition) is 1. The number of halogens is 1. The molecule has 8 heteroatoms. The normalized spacial score (nSPS) is 13.4. The molecule has 0 aliphatic carbocycles. The second-order valence-electron chi connectivity index (χ2n) is 3.96. The molecule has 2 heterocycles. The third kappa shape index (κ3) is 3.30. The highest BCUT2D eigenvalue weighted by atomic mass is 35.5. The van der Waals surface area contributed by atoms with Gasteiger partial charge in [-0.05, 0) is 31.5 Å². The molecule has 0 fully saturated rings. The largest absolute Gasteiger partial charge is 0.265 e. The van der Waals surface area contributed by atoms with Gasteiger partial charge in [0.05, 0.1) is 5.69 Å². The van der Waals surface area contributed by atoms with Crippen molar-refractivity contribution in [3.63, 3.8) is 0 Å². The highest BCUT2D eigenvalue weighted by Crippen LogP contribution is 2.27. The van der Waals surface area contributed by atoms with Gasteiger partial charge in [-0.25, -0.2) is 18.1 Å². The van der Waals surface area contributed by atoms with E-state index >= 15 is 0 Å². The number of pyridine rings is 1. The maximum absolute atomic E-state index is 12.2. The van der Waals surface area contributed by atoms with E-state index in [1.807, 2.05) is 0 Å². The van der Waals surface area contributed by atoms with Crippen molar-refractivity contribution in [3.8, 4) is 0 Å². The average Bonchev–Trinajstić information content (AvgIpc) is 2.70. The minimum atomic E-state index is -3.62. The third-order valence-corrected chi connectivity index (χ3v) is 5.92. The SMILES string of the molecule is Cc1nc(Cl)sc1S(=O)(=O)NC(C)c1ccncc1. The van der Waals surface area contributed by atoms with Gasteiger partial charge in [-0.2, -0.15) is 0 Å². The number of rotatable bonds is 4. The first kappa shape index (κ1) is 14.4. The molecular weight excluding hydrogens is 306 g/mol. The molecule has 102 valence electrons. The molecule has 2 aromatic heterocycles. The number of sulfonamides is 1. The first-order chi connectivity index (χ1) is 8.90. The first-order valence-electron chi connectivity index (χ1n) is 5.45. The quantitative estimate of drug-likeness (QED) is 0.940. The van der Waals surface area contributed by atoms with Crippen LogP contribution in [0, 0.1) is 6.92 Å². The van der Waals surface area contributed by atoms with Crippen molar-refractivity contribution in [2.24, 2.45) is 0 Å². The van der Waals surface area contributed by atoms with Gasteiger partial charge in [0.15, 0.2) is 8.68 Å². The van der Waals surface area contributed by atoms with E-state index < -0.39 is 10.0 Å². The Morgan fingerprint density at radius 1 is 1.37 bits per heavy atom. The van der Waals surface area contributed by atoms with E-state index in [9.17, 15) is 8.42 Å². The molecule has 1 N–H and O–H groups in total. The molecule has 0 aliphatic rings. The molecule has 0 spiro atoms. The second-order valence-corrected chi connectivity index (χ2v) is 7.45. The molecule has 0 radical (unpaired) electrons. The van der Waals surface area contributed by atoms with Gasteiger partial charge < -0.3 is 0 Å². The Morgan fingerprint density at radius 2 is 2.00 bits per heavy atom. The predicted molar refractivity (Wildman–Crippen MR) is 74.8 cm³/mol. The van der Waals surface area contributed by atoms with Gasteiger partial charge in [0.1, 0.15) is 0 Å². The van der Waals surface area contributed by atoms with E-state index in [1.54, 1.807) is 38.4 Å². The van der Waals surface area contributed by atoms with Crippen molar-refractivity contribution < 1.29 is 8.42 Å². The van der Waals surface area contributed by atoms with Crippen LogP contribution in [0.25, 0.3) is 0 Å². The van der Waals surface area contributed by atoms with Crippen molar-refractivity contribution >= 4 is 33.0 Å². The summed E-state index contributed by atoms with van der Waals surface area (Å²) in [7, 11) is -3.62. The van der Waals surface area contributed by atoms with Crippen LogP contribution in [0.3, 0.4) is 0 Å². The summed E-state index contributed by atoms with van der Waals surface area (Å²) < 4.78 is 27.4. The Bertz CT molecular complexity index is 671. The zero-order valence-electron chi connectivity index (χ0n) is 10.3. The number of nitrogens with zero attached hydrogens (tertiary/aromatic N) is 2. The maximum Gasteiger partial charge on any atom is 0.252 e. The number of aromatic nitrogens is 2. The Hall–Kier alpha value is -1.02. The van der Waals surface area contributed by atoms with Crippen molar-refractivity contribution in [3.05, 3.63) is 40.3 Å². The van der Waals surface area contributed by atoms with Crippen LogP contribution in [0.15, 0.2) is 28.7 Å². The minimum Gasteiger partial charge on any atom is -0.265 e. The van der Waals surface area contributed by atoms with E-state index in [2.05, 4.69) is 14.7 Å². The van der Waals surface area contributed by atoms with E-state index in [-0.39, 0.29) is 14.7 Å². The van der Waals surface area contributed by atoms with Crippen molar-refractivity contribution in [1.29, 1.82) is 0 Å². The topological polar surface area (TPSA) is 72.0 Å². The molecule has 0 bridgehead atoms. The molecule has 1 unspecified atom stereocenters. The predicted octanol–water partition coefficient (Wildman–Crippen LogP) is 2.54. The molecule has 0 saturated carbocycles. The molecule has 2 rings (SSSR count). The van der Waals surface area contributed by atoms with Gasteiger partial charge in [-0.3, -0.25) is 4.98 Å². The van der Waals surface area contributed by atoms with Gasteiger partial charge in [-0.15, -0.1) is 0 Å². The van der Waals surface area contributed by atoms with Crippen LogP contribution in [0.2, 0.25) is 4.47 Å². The van der Waals surface area contributed by atoms with Crippen molar-refractivity contribution in [1.82, 2.24) is 14.7 Å². The number of hydrogen-bond acceptors (Lipinski definition) is 5. The van der Waals surface area contributed by atoms with Crippen LogP contribution >= 0.6 is 22.9 Å². The molecule has 2 aromatic rings. The van der Waals surface area contributed by atoms with Gasteiger partial charge in [0, 0.05) is 18.4 Å². The van der Waals surface area contributed by atoms with Gasteiger partial charge in [0.2, 0.25) is 0 Å². The molecule has 1 atom stereocenters. The van der Waals surface area contributed by atoms with Crippen LogP contribution in [0.1, 0.15) is 24.2 Å². The first-order valence-corrected chi connectivity index (χ1v) is 8.13. The molecule has 19 heavy (non-hydrogen) atoms. The Morgan fingerprint density at radius 3 is 2.53 bits per heavy atom. The van der Waals surface area contributed by atoms with E-state index in [0.29, 0.717) is 5.69 Å². The van der Waals surface area contributed by atoms with Gasteiger partial charge in [-0.1, -0.05) is 22.9 Å². The molecular formula is C11H12ClN3O2S2. The third-order valence-electron chi connectivity index (χ3n) is 2.51. The van der Waals surface area contributed by atoms with Crippen LogP contribution in [-0.2, 0) is 10.0 Å². The standard InChI is InChI=1S/C11H12ClN3O2S2/c1-7(9-3-5-13-6-4-9)15-19(16,17)10-8(2)14-11(12)18-10/h3-7,15H,1-2H3. The van der Waals surface area contributed by atoms with E-state index in [1.165, 1.54) is 0 Å². The number of thiazole rings is 1. The lowest BCUT2D eigenvalue weighted by atomic mass is 10.1. The fraction of sp³-hybridized carbons (Fsp3) is 0.273. The summed E-state index contributed by atoms with van der Waals surface area (Å²) in [6.45, 7) is 3.39. The average molecular weight is 318 g/mol. The lowest BCUT2D eigenvalue weighted by Crippen LogP contribution is -2.26. The van der Waals surface area contributed by atoms with Gasteiger partial charge >= 0.3 is 0 Å². The number of nitrogens with one attached hydrogen (secondary N) is 1. The van der Waals surface area contributed by atoms with Crippen LogP contribution in [0.4, 0.5) is 0 Å². The summed E-state index contributed by atoms with van der Waals surface area (Å²) in [5.74, 6) is 0. The Labute approximate surface area is 120 Å². The molecule has 5 nitrogen and oxygen atoms in total. The highest BCUT2D eigenvalue weighted by molar-refractivity contribution is 7.91. The van der Waals surface area contributed by atoms with E-state index in [4.69, 9.17) is 11.6 Å². The zero-order valence-corrected chi connectivity index (χ0v) is 12.7. The summed E-state index contributed by atoms with van der Waals surface area (Å²) >= 11 is 6.68. The smallest absolute Gasteiger partial charge is 0.252 e. The molecule has 0 aliphatic heterocycles. The summed E-state index contributed by atoms with van der Waals surface area (Å²) in [5, 5.41) is 0. The monoisotopic (exact) mass is 317 g/mol. The maximum atomic E-state index is 12.2. The summed E-state index contributed by atoms with van der Waals surface area (Å²) in [5.41, 5.74) is 1.25. The fourth-order valence-electron chi connectivity index (χ4n) is 1.61. The van der Waals surface area contributed by atoms with Crippen molar-refractivity contribution in [2.75, 3.05) is 0 Å². The van der Waals surface area contributed by atoms with Crippen LogP contribution in [0.5, 0.6) is 0 Å². The fourth-order valence-corrected chi connectivity index (χ4v) is 4.59. The number of aryl methyl sites for hydroxylation is 1. The highest BCUT2D eigenvalue weighted by Gasteiger charge is 2.23. The summed E-state index contributed by atoms with van der Waals surface area (Å²) in [6.07, 6.45) is 3.24. The lowest BCUT2D eigenvalue weighted by molar-refractivity contribution is 0.568. The lowest BCUT2D eigenvalue weighted by Gasteiger charge is -2.13. The Balaban J connectivity index is 2.25. The molecule has 0 amide bonds. The van der Waals surface area contributed by atoms with Crippen molar-refractivity contribution in [2.45, 2.75) is 24.1 Å². The molecule has 0 aromatic carbocycles. The minimum absolute atomic E-state index is 0.151. The van der Waals surface area contributed by atoms with Crippen LogP contribution < -0.4 is 4.72 Å². The second kappa shape index (κ2) is 5.54. The summed E-state index contributed by atoms with van der Waals surface area (Å²) in [6, 6.07) is 3.17. The summed E-state index contributed by atoms with van der Waals surface area (Å²) in [4.78, 5) is 7.81.